The standard InChI is InChI=1S/C29H43N/c1-2-3-4-5-6-7-8-9-10-11-12-13-20-25-30(26-28-21-16-14-17-22-28)27-29-23-18-15-19-24-29/h3-4,14-19,21-24H,2,5-13,20,25-27H2,1H3/b4-3+. The predicted molar refractivity (Wildman–Crippen MR) is 133 cm³/mol. The van der Waals surface area contributed by atoms with E-state index in [0.29, 0.717) is 0 Å². The van der Waals surface area contributed by atoms with E-state index in [0.717, 1.165) is 13.1 Å². The van der Waals surface area contributed by atoms with Crippen LogP contribution in [0.2, 0.25) is 0 Å². The molecule has 0 aliphatic rings. The van der Waals surface area contributed by atoms with Gasteiger partial charge in [0.25, 0.3) is 0 Å². The van der Waals surface area contributed by atoms with Crippen LogP contribution in [0.4, 0.5) is 0 Å². The molecule has 0 aliphatic carbocycles. The third-order valence-electron chi connectivity index (χ3n) is 5.75. The van der Waals surface area contributed by atoms with Crippen molar-refractivity contribution in [3.63, 3.8) is 0 Å². The number of hydrogen-bond acceptors (Lipinski definition) is 1. The van der Waals surface area contributed by atoms with Crippen molar-refractivity contribution in [2.75, 3.05) is 6.54 Å². The van der Waals surface area contributed by atoms with Crippen molar-refractivity contribution < 1.29 is 0 Å². The van der Waals surface area contributed by atoms with Gasteiger partial charge in [-0.2, -0.15) is 0 Å². The van der Waals surface area contributed by atoms with Crippen molar-refractivity contribution in [1.82, 2.24) is 4.90 Å². The highest BCUT2D eigenvalue weighted by Gasteiger charge is 2.07. The third kappa shape index (κ3) is 12.0. The van der Waals surface area contributed by atoms with Crippen molar-refractivity contribution >= 4 is 0 Å². The van der Waals surface area contributed by atoms with E-state index < -0.39 is 0 Å². The molecule has 164 valence electrons. The van der Waals surface area contributed by atoms with Crippen molar-refractivity contribution in [3.8, 4) is 0 Å². The molecule has 0 spiro atoms. The second-order valence-electron chi connectivity index (χ2n) is 8.53. The van der Waals surface area contributed by atoms with Gasteiger partial charge in [0, 0.05) is 13.1 Å². The lowest BCUT2D eigenvalue weighted by Gasteiger charge is -2.22. The monoisotopic (exact) mass is 405 g/mol. The summed E-state index contributed by atoms with van der Waals surface area (Å²) in [5, 5.41) is 0. The summed E-state index contributed by atoms with van der Waals surface area (Å²) in [4.78, 5) is 2.61. The van der Waals surface area contributed by atoms with Crippen LogP contribution >= 0.6 is 0 Å². The molecule has 0 aliphatic heterocycles. The van der Waals surface area contributed by atoms with E-state index in [-0.39, 0.29) is 0 Å². The van der Waals surface area contributed by atoms with Gasteiger partial charge >= 0.3 is 0 Å². The van der Waals surface area contributed by atoms with Crippen molar-refractivity contribution in [2.24, 2.45) is 0 Å². The first-order valence-corrected chi connectivity index (χ1v) is 12.3. The highest BCUT2D eigenvalue weighted by atomic mass is 15.1. The Labute approximate surface area is 186 Å². The summed E-state index contributed by atoms with van der Waals surface area (Å²) in [5.74, 6) is 0. The van der Waals surface area contributed by atoms with E-state index >= 15 is 0 Å². The minimum atomic E-state index is 1.04. The first-order valence-electron chi connectivity index (χ1n) is 12.3. The van der Waals surface area contributed by atoms with Crippen LogP contribution in [0.1, 0.15) is 88.7 Å². The second-order valence-corrected chi connectivity index (χ2v) is 8.53. The van der Waals surface area contributed by atoms with Crippen LogP contribution in [-0.4, -0.2) is 11.4 Å². The molecular weight excluding hydrogens is 362 g/mol. The third-order valence-corrected chi connectivity index (χ3v) is 5.75. The molecule has 2 aromatic rings. The maximum atomic E-state index is 2.61. The van der Waals surface area contributed by atoms with Gasteiger partial charge in [-0.15, -0.1) is 0 Å². The van der Waals surface area contributed by atoms with E-state index in [1.165, 1.54) is 88.3 Å². The van der Waals surface area contributed by atoms with Crippen LogP contribution < -0.4 is 0 Å². The lowest BCUT2D eigenvalue weighted by Crippen LogP contribution is -2.24. The van der Waals surface area contributed by atoms with E-state index in [4.69, 9.17) is 0 Å². The van der Waals surface area contributed by atoms with Gasteiger partial charge in [-0.1, -0.05) is 125 Å². The smallest absolute Gasteiger partial charge is 0.0237 e. The molecule has 30 heavy (non-hydrogen) atoms. The van der Waals surface area contributed by atoms with E-state index in [2.05, 4.69) is 84.6 Å². The zero-order chi connectivity index (χ0) is 21.1. The minimum absolute atomic E-state index is 1.04. The molecule has 0 radical (unpaired) electrons. The molecule has 0 bridgehead atoms. The number of hydrogen-bond donors (Lipinski definition) is 0. The van der Waals surface area contributed by atoms with E-state index in [9.17, 15) is 0 Å². The van der Waals surface area contributed by atoms with Crippen LogP contribution in [0, 0.1) is 0 Å². The summed E-state index contributed by atoms with van der Waals surface area (Å²) >= 11 is 0. The minimum Gasteiger partial charge on any atom is -0.295 e. The molecular formula is C29H43N. The lowest BCUT2D eigenvalue weighted by molar-refractivity contribution is 0.250. The maximum Gasteiger partial charge on any atom is 0.0237 e. The Bertz CT molecular complexity index is 605. The van der Waals surface area contributed by atoms with Gasteiger partial charge in [0.1, 0.15) is 0 Å². The molecule has 0 amide bonds. The Balaban J connectivity index is 1.57. The summed E-state index contributed by atoms with van der Waals surface area (Å²) < 4.78 is 0. The molecule has 2 aromatic carbocycles. The summed E-state index contributed by atoms with van der Waals surface area (Å²) in [5.41, 5.74) is 2.83. The number of unbranched alkanes of at least 4 members (excludes halogenated alkanes) is 9. The molecule has 0 atom stereocenters. The van der Waals surface area contributed by atoms with Gasteiger partial charge in [0.2, 0.25) is 0 Å². The average molecular weight is 406 g/mol. The summed E-state index contributed by atoms with van der Waals surface area (Å²) in [7, 11) is 0. The zero-order valence-corrected chi connectivity index (χ0v) is 19.3. The Kier molecular flexibility index (Phi) is 13.7. The molecule has 1 nitrogen and oxygen atoms in total. The first kappa shape index (κ1) is 24.4. The number of benzene rings is 2. The van der Waals surface area contributed by atoms with E-state index in [1.54, 1.807) is 0 Å². The summed E-state index contributed by atoms with van der Waals surface area (Å²) in [6.07, 6.45) is 19.6. The lowest BCUT2D eigenvalue weighted by atomic mass is 10.1. The summed E-state index contributed by atoms with van der Waals surface area (Å²) in [6, 6.07) is 21.8. The van der Waals surface area contributed by atoms with Crippen molar-refractivity contribution in [3.05, 3.63) is 83.9 Å². The van der Waals surface area contributed by atoms with Gasteiger partial charge in [0.15, 0.2) is 0 Å². The molecule has 0 heterocycles. The molecule has 0 unspecified atom stereocenters. The van der Waals surface area contributed by atoms with Gasteiger partial charge in [-0.05, 0) is 43.4 Å². The van der Waals surface area contributed by atoms with Crippen LogP contribution in [0.5, 0.6) is 0 Å². The number of nitrogens with zero attached hydrogens (tertiary/aromatic N) is 1. The van der Waals surface area contributed by atoms with Gasteiger partial charge in [-0.25, -0.2) is 0 Å². The molecule has 0 saturated carbocycles. The molecule has 1 heteroatoms. The fraction of sp³-hybridized carbons (Fsp3) is 0.517. The van der Waals surface area contributed by atoms with E-state index in [1.807, 2.05) is 0 Å². The Morgan fingerprint density at radius 2 is 1.03 bits per heavy atom. The van der Waals surface area contributed by atoms with Crippen LogP contribution in [0.3, 0.4) is 0 Å². The predicted octanol–water partition coefficient (Wildman–Crippen LogP) is 8.56. The van der Waals surface area contributed by atoms with Gasteiger partial charge < -0.3 is 0 Å². The SMILES string of the molecule is CC/C=C/CCCCCCCCCCCN(Cc1ccccc1)Cc1ccccc1. The van der Waals surface area contributed by atoms with Gasteiger partial charge in [0.05, 0.1) is 0 Å². The second kappa shape index (κ2) is 16.9. The largest absolute Gasteiger partial charge is 0.295 e. The molecule has 0 fully saturated rings. The molecule has 0 saturated heterocycles. The Hall–Kier alpha value is -1.86. The maximum absolute atomic E-state index is 2.61. The number of rotatable bonds is 17. The summed E-state index contributed by atoms with van der Waals surface area (Å²) in [6.45, 7) is 5.49. The first-order chi connectivity index (χ1) is 14.9. The quantitative estimate of drug-likeness (QED) is 0.188. The average Bonchev–Trinajstić information content (AvgIpc) is 2.78. The highest BCUT2D eigenvalue weighted by Crippen LogP contribution is 2.14. The number of allylic oxidation sites excluding steroid dienone is 2. The highest BCUT2D eigenvalue weighted by molar-refractivity contribution is 5.17. The molecule has 0 N–H and O–H groups in total. The van der Waals surface area contributed by atoms with Crippen molar-refractivity contribution in [2.45, 2.75) is 90.6 Å². The Morgan fingerprint density at radius 3 is 1.53 bits per heavy atom. The van der Waals surface area contributed by atoms with Crippen LogP contribution in [0.25, 0.3) is 0 Å². The molecule has 2 rings (SSSR count). The zero-order valence-electron chi connectivity index (χ0n) is 19.3. The van der Waals surface area contributed by atoms with Crippen LogP contribution in [-0.2, 0) is 13.1 Å². The fourth-order valence-corrected chi connectivity index (χ4v) is 4.02. The molecule has 0 aromatic heterocycles. The van der Waals surface area contributed by atoms with Crippen molar-refractivity contribution in [1.29, 1.82) is 0 Å². The fourth-order valence-electron chi connectivity index (χ4n) is 4.02. The van der Waals surface area contributed by atoms with Crippen LogP contribution in [0.15, 0.2) is 72.8 Å². The topological polar surface area (TPSA) is 3.24 Å². The van der Waals surface area contributed by atoms with Gasteiger partial charge in [-0.3, -0.25) is 4.90 Å². The normalized spacial score (nSPS) is 11.5. The Morgan fingerprint density at radius 1 is 0.567 bits per heavy atom.